The van der Waals surface area contributed by atoms with Gasteiger partial charge < -0.3 is 11.1 Å². The topological polar surface area (TPSA) is 96.7 Å². The van der Waals surface area contributed by atoms with Gasteiger partial charge in [0.25, 0.3) is 0 Å². The molecule has 2 rings (SSSR count). The van der Waals surface area contributed by atoms with E-state index in [2.05, 4.69) is 27.4 Å². The Morgan fingerprint density at radius 2 is 2.26 bits per heavy atom. The number of carbonyl (C=O) groups is 1. The van der Waals surface area contributed by atoms with Crippen LogP contribution in [0, 0.1) is 5.92 Å². The number of H-pyrrole nitrogens is 1. The number of nitrogen functional groups attached to an aromatic ring is 1. The molecule has 1 heterocycles. The smallest absolute Gasteiger partial charge is 0.233 e. The molecule has 0 unspecified atom stereocenters. The van der Waals surface area contributed by atoms with Gasteiger partial charge in [0, 0.05) is 6.04 Å². The lowest BCUT2D eigenvalue weighted by atomic mass is 9.86. The fourth-order valence-electron chi connectivity index (χ4n) is 2.35. The molecule has 3 atom stereocenters. The molecule has 1 amide bonds. The normalized spacial score (nSPS) is 24.9. The molecule has 1 aromatic rings. The van der Waals surface area contributed by atoms with Crippen LogP contribution >= 0.6 is 11.8 Å². The van der Waals surface area contributed by atoms with Crippen LogP contribution in [-0.2, 0) is 4.79 Å². The molecule has 0 aliphatic heterocycles. The molecule has 0 aromatic carbocycles. The van der Waals surface area contributed by atoms with Gasteiger partial charge >= 0.3 is 0 Å². The summed E-state index contributed by atoms with van der Waals surface area (Å²) in [5.74, 6) is 0.886. The first kappa shape index (κ1) is 14.2. The number of anilines is 1. The van der Waals surface area contributed by atoms with Crippen molar-refractivity contribution in [1.82, 2.24) is 20.5 Å². The van der Waals surface area contributed by atoms with Crippen LogP contribution in [0.2, 0.25) is 0 Å². The van der Waals surface area contributed by atoms with Gasteiger partial charge in [0.2, 0.25) is 17.0 Å². The molecule has 1 aliphatic carbocycles. The van der Waals surface area contributed by atoms with Crippen molar-refractivity contribution in [2.75, 3.05) is 5.73 Å². The van der Waals surface area contributed by atoms with E-state index in [1.54, 1.807) is 0 Å². The van der Waals surface area contributed by atoms with Gasteiger partial charge in [-0.3, -0.25) is 4.79 Å². The van der Waals surface area contributed by atoms with E-state index < -0.39 is 0 Å². The largest absolute Gasteiger partial charge is 0.368 e. The molecule has 0 radical (unpaired) electrons. The first-order valence-corrected chi connectivity index (χ1v) is 7.59. The molecule has 19 heavy (non-hydrogen) atoms. The molecule has 7 heteroatoms. The van der Waals surface area contributed by atoms with Gasteiger partial charge in [-0.05, 0) is 25.7 Å². The molecule has 106 valence electrons. The van der Waals surface area contributed by atoms with Crippen molar-refractivity contribution < 1.29 is 4.79 Å². The zero-order valence-electron chi connectivity index (χ0n) is 11.3. The van der Waals surface area contributed by atoms with E-state index in [0.29, 0.717) is 17.1 Å². The van der Waals surface area contributed by atoms with Crippen molar-refractivity contribution >= 4 is 23.6 Å². The molecule has 1 saturated carbocycles. The molecule has 0 bridgehead atoms. The number of amides is 1. The zero-order valence-corrected chi connectivity index (χ0v) is 12.2. The fourth-order valence-corrected chi connectivity index (χ4v) is 3.09. The summed E-state index contributed by atoms with van der Waals surface area (Å²) in [5.41, 5.74) is 5.45. The van der Waals surface area contributed by atoms with Crippen molar-refractivity contribution in [3.8, 4) is 0 Å². The van der Waals surface area contributed by atoms with E-state index in [9.17, 15) is 4.79 Å². The van der Waals surface area contributed by atoms with E-state index in [4.69, 9.17) is 5.73 Å². The fraction of sp³-hybridized carbons (Fsp3) is 0.750. The Kier molecular flexibility index (Phi) is 4.68. The quantitative estimate of drug-likeness (QED) is 0.729. The number of rotatable bonds is 4. The van der Waals surface area contributed by atoms with Gasteiger partial charge in [-0.1, -0.05) is 31.5 Å². The highest BCUT2D eigenvalue weighted by atomic mass is 32.2. The Bertz CT molecular complexity index is 436. The third-order valence-electron chi connectivity index (χ3n) is 3.57. The van der Waals surface area contributed by atoms with E-state index in [1.165, 1.54) is 31.0 Å². The summed E-state index contributed by atoms with van der Waals surface area (Å²) in [7, 11) is 0. The predicted octanol–water partition coefficient (Wildman–Crippen LogP) is 1.56. The lowest BCUT2D eigenvalue weighted by molar-refractivity contribution is -0.121. The molecule has 0 saturated heterocycles. The SMILES string of the molecule is C[C@H](Sc1n[nH]c(N)n1)C(=O)N[C@H]1CCCC[C@H]1C. The molecule has 1 aromatic heterocycles. The molecular formula is C12H21N5OS. The monoisotopic (exact) mass is 283 g/mol. The molecular weight excluding hydrogens is 262 g/mol. The van der Waals surface area contributed by atoms with Crippen molar-refractivity contribution in [3.63, 3.8) is 0 Å². The maximum atomic E-state index is 12.1. The average molecular weight is 283 g/mol. The van der Waals surface area contributed by atoms with Crippen LogP contribution in [0.3, 0.4) is 0 Å². The van der Waals surface area contributed by atoms with Gasteiger partial charge in [0.05, 0.1) is 5.25 Å². The number of nitrogens with one attached hydrogen (secondary N) is 2. The summed E-state index contributed by atoms with van der Waals surface area (Å²) < 4.78 is 0. The molecule has 0 spiro atoms. The third kappa shape index (κ3) is 3.86. The second-order valence-electron chi connectivity index (χ2n) is 5.14. The van der Waals surface area contributed by atoms with Crippen LogP contribution in [-0.4, -0.2) is 32.4 Å². The summed E-state index contributed by atoms with van der Waals surface area (Å²) in [6.07, 6.45) is 4.75. The lowest BCUT2D eigenvalue weighted by Gasteiger charge is -2.30. The maximum absolute atomic E-state index is 12.1. The van der Waals surface area contributed by atoms with E-state index >= 15 is 0 Å². The summed E-state index contributed by atoms with van der Waals surface area (Å²) in [4.78, 5) is 16.1. The number of aromatic nitrogens is 3. The highest BCUT2D eigenvalue weighted by Crippen LogP contribution is 2.25. The number of hydrogen-bond acceptors (Lipinski definition) is 5. The molecule has 1 aliphatic rings. The number of aromatic amines is 1. The van der Waals surface area contributed by atoms with Gasteiger partial charge in [-0.15, -0.1) is 5.10 Å². The average Bonchev–Trinajstić information content (AvgIpc) is 2.77. The first-order valence-electron chi connectivity index (χ1n) is 6.71. The van der Waals surface area contributed by atoms with Crippen LogP contribution in [0.5, 0.6) is 0 Å². The van der Waals surface area contributed by atoms with Crippen LogP contribution < -0.4 is 11.1 Å². The second-order valence-corrected chi connectivity index (χ2v) is 6.45. The Labute approximate surface area is 117 Å². The zero-order chi connectivity index (χ0) is 13.8. The number of nitrogens with zero attached hydrogens (tertiary/aromatic N) is 2. The number of nitrogens with two attached hydrogens (primary N) is 1. The third-order valence-corrected chi connectivity index (χ3v) is 4.53. The summed E-state index contributed by atoms with van der Waals surface area (Å²) >= 11 is 1.32. The Morgan fingerprint density at radius 1 is 1.53 bits per heavy atom. The Hall–Kier alpha value is -1.24. The van der Waals surface area contributed by atoms with Crippen LogP contribution in [0.4, 0.5) is 5.95 Å². The van der Waals surface area contributed by atoms with Gasteiger partial charge in [0.1, 0.15) is 0 Å². The van der Waals surface area contributed by atoms with Crippen molar-refractivity contribution in [1.29, 1.82) is 0 Å². The van der Waals surface area contributed by atoms with Crippen molar-refractivity contribution in [2.45, 2.75) is 56.0 Å². The molecule has 1 fully saturated rings. The van der Waals surface area contributed by atoms with Gasteiger partial charge in [0.15, 0.2) is 0 Å². The number of thioether (sulfide) groups is 1. The van der Waals surface area contributed by atoms with Gasteiger partial charge in [-0.25, -0.2) is 5.10 Å². The minimum atomic E-state index is -0.218. The lowest BCUT2D eigenvalue weighted by Crippen LogP contribution is -2.44. The van der Waals surface area contributed by atoms with Crippen molar-refractivity contribution in [2.24, 2.45) is 5.92 Å². The minimum Gasteiger partial charge on any atom is -0.368 e. The summed E-state index contributed by atoms with van der Waals surface area (Å²) in [6, 6.07) is 0.307. The second kappa shape index (κ2) is 6.27. The first-order chi connectivity index (χ1) is 9.06. The van der Waals surface area contributed by atoms with Crippen LogP contribution in [0.15, 0.2) is 5.16 Å². The number of hydrogen-bond donors (Lipinski definition) is 3. The van der Waals surface area contributed by atoms with Crippen LogP contribution in [0.1, 0.15) is 39.5 Å². The minimum absolute atomic E-state index is 0.0483. The van der Waals surface area contributed by atoms with Crippen molar-refractivity contribution in [3.05, 3.63) is 0 Å². The standard InChI is InChI=1S/C12H21N5OS/c1-7-5-3-4-6-9(7)14-10(18)8(2)19-12-15-11(13)16-17-12/h7-9H,3-6H2,1-2H3,(H,14,18)(H3,13,15,16,17)/t7-,8+,9+/m1/s1. The van der Waals surface area contributed by atoms with E-state index in [1.807, 2.05) is 6.92 Å². The summed E-state index contributed by atoms with van der Waals surface area (Å²) in [6.45, 7) is 4.07. The highest BCUT2D eigenvalue weighted by molar-refractivity contribution is 8.00. The Morgan fingerprint density at radius 3 is 2.89 bits per heavy atom. The Balaban J connectivity index is 1.85. The summed E-state index contributed by atoms with van der Waals surface area (Å²) in [5, 5.41) is 9.92. The molecule has 6 nitrogen and oxygen atoms in total. The van der Waals surface area contributed by atoms with E-state index in [0.717, 1.165) is 6.42 Å². The number of carbonyl (C=O) groups excluding carboxylic acids is 1. The molecule has 4 N–H and O–H groups in total. The van der Waals surface area contributed by atoms with E-state index in [-0.39, 0.29) is 17.1 Å². The predicted molar refractivity (Wildman–Crippen MR) is 75.7 cm³/mol. The van der Waals surface area contributed by atoms with Gasteiger partial charge in [-0.2, -0.15) is 4.98 Å². The highest BCUT2D eigenvalue weighted by Gasteiger charge is 2.25. The maximum Gasteiger partial charge on any atom is 0.233 e. The van der Waals surface area contributed by atoms with Crippen LogP contribution in [0.25, 0.3) is 0 Å².